The average molecular weight is 365 g/mol. The molecule has 1 saturated heterocycles. The fraction of sp³-hybridized carbons (Fsp3) is 0.579. The van der Waals surface area contributed by atoms with Gasteiger partial charge in [-0.15, -0.1) is 11.8 Å². The lowest BCUT2D eigenvalue weighted by Crippen LogP contribution is -2.51. The molecule has 1 atom stereocenters. The molecule has 5 nitrogen and oxygen atoms in total. The molecule has 138 valence electrons. The molecule has 0 spiro atoms. The first kappa shape index (κ1) is 19.6. The van der Waals surface area contributed by atoms with E-state index in [4.69, 9.17) is 4.74 Å². The lowest BCUT2D eigenvalue weighted by Gasteiger charge is -2.40. The van der Waals surface area contributed by atoms with Gasteiger partial charge in [0.1, 0.15) is 5.60 Å². The number of carbonyl (C=O) groups is 2. The van der Waals surface area contributed by atoms with E-state index in [1.54, 1.807) is 16.7 Å². The van der Waals surface area contributed by atoms with E-state index in [2.05, 4.69) is 0 Å². The Bertz CT molecular complexity index is 599. The van der Waals surface area contributed by atoms with Crippen molar-refractivity contribution in [2.24, 2.45) is 5.41 Å². The fourth-order valence-electron chi connectivity index (χ4n) is 2.98. The summed E-state index contributed by atoms with van der Waals surface area (Å²) in [5.74, 6) is -0.118. The van der Waals surface area contributed by atoms with Crippen molar-refractivity contribution in [1.29, 1.82) is 0 Å². The van der Waals surface area contributed by atoms with E-state index in [1.165, 1.54) is 0 Å². The number of likely N-dealkylation sites (tertiary alicyclic amines) is 1. The SMILES string of the molecule is CC(C)(C)OC(=O)N1CCCC(CCSc2ccccc2)(C(=O)O)C1. The van der Waals surface area contributed by atoms with Crippen molar-refractivity contribution in [2.45, 2.75) is 50.5 Å². The maximum atomic E-state index is 12.3. The Kier molecular flexibility index (Phi) is 6.38. The van der Waals surface area contributed by atoms with Crippen molar-refractivity contribution in [2.75, 3.05) is 18.8 Å². The molecule has 0 saturated carbocycles. The largest absolute Gasteiger partial charge is 0.481 e. The Morgan fingerprint density at radius 1 is 1.28 bits per heavy atom. The highest BCUT2D eigenvalue weighted by Crippen LogP contribution is 2.36. The van der Waals surface area contributed by atoms with E-state index in [0.29, 0.717) is 31.6 Å². The average Bonchev–Trinajstić information content (AvgIpc) is 2.54. The predicted molar refractivity (Wildman–Crippen MR) is 98.9 cm³/mol. The summed E-state index contributed by atoms with van der Waals surface area (Å²) in [7, 11) is 0. The molecular weight excluding hydrogens is 338 g/mol. The van der Waals surface area contributed by atoms with Crippen LogP contribution in [0.25, 0.3) is 0 Å². The van der Waals surface area contributed by atoms with Gasteiger partial charge in [0, 0.05) is 18.0 Å². The molecule has 1 aliphatic heterocycles. The fourth-order valence-corrected chi connectivity index (χ4v) is 4.06. The minimum atomic E-state index is -0.892. The highest BCUT2D eigenvalue weighted by molar-refractivity contribution is 7.99. The molecule has 1 heterocycles. The Labute approximate surface area is 153 Å². The van der Waals surface area contributed by atoms with Crippen LogP contribution in [0.1, 0.15) is 40.0 Å². The number of piperidine rings is 1. The minimum absolute atomic E-state index is 0.215. The zero-order valence-corrected chi connectivity index (χ0v) is 16.0. The summed E-state index contributed by atoms with van der Waals surface area (Å²) < 4.78 is 5.41. The molecule has 1 amide bonds. The zero-order chi connectivity index (χ0) is 18.5. The maximum absolute atomic E-state index is 12.3. The van der Waals surface area contributed by atoms with Gasteiger partial charge < -0.3 is 14.7 Å². The number of ether oxygens (including phenoxy) is 1. The standard InChI is InChI=1S/C19H27NO4S/c1-18(2,3)24-17(23)20-12-7-10-19(14-20,16(21)22)11-13-25-15-8-5-4-6-9-15/h4-6,8-9H,7,10-14H2,1-3H3,(H,21,22). The van der Waals surface area contributed by atoms with E-state index in [0.717, 1.165) is 4.90 Å². The quantitative estimate of drug-likeness (QED) is 0.789. The van der Waals surface area contributed by atoms with Crippen LogP contribution in [0.4, 0.5) is 4.79 Å². The summed E-state index contributed by atoms with van der Waals surface area (Å²) in [4.78, 5) is 27.0. The Morgan fingerprint density at radius 3 is 2.56 bits per heavy atom. The van der Waals surface area contributed by atoms with Crippen LogP contribution < -0.4 is 0 Å². The number of carboxylic acid groups (broad SMARTS) is 1. The number of amides is 1. The molecular formula is C19H27NO4S. The summed E-state index contributed by atoms with van der Waals surface area (Å²) in [5, 5.41) is 9.83. The van der Waals surface area contributed by atoms with Gasteiger partial charge in [-0.2, -0.15) is 0 Å². The van der Waals surface area contributed by atoms with Crippen molar-refractivity contribution in [3.8, 4) is 0 Å². The first-order chi connectivity index (χ1) is 11.7. The van der Waals surface area contributed by atoms with E-state index in [-0.39, 0.29) is 6.54 Å². The van der Waals surface area contributed by atoms with Crippen LogP contribution in [0.15, 0.2) is 35.2 Å². The molecule has 0 bridgehead atoms. The van der Waals surface area contributed by atoms with Crippen LogP contribution in [-0.4, -0.2) is 46.5 Å². The first-order valence-corrected chi connectivity index (χ1v) is 9.60. The maximum Gasteiger partial charge on any atom is 0.410 e. The summed E-state index contributed by atoms with van der Waals surface area (Å²) in [5.41, 5.74) is -1.47. The van der Waals surface area contributed by atoms with Crippen LogP contribution in [0.2, 0.25) is 0 Å². The molecule has 25 heavy (non-hydrogen) atoms. The molecule has 1 N–H and O–H groups in total. The molecule has 1 aromatic rings. The monoisotopic (exact) mass is 365 g/mol. The van der Waals surface area contributed by atoms with Gasteiger partial charge in [0.25, 0.3) is 0 Å². The van der Waals surface area contributed by atoms with E-state index in [9.17, 15) is 14.7 Å². The molecule has 2 rings (SSSR count). The van der Waals surface area contributed by atoms with Crippen molar-refractivity contribution in [3.63, 3.8) is 0 Å². The second-order valence-corrected chi connectivity index (χ2v) is 8.67. The number of carbonyl (C=O) groups excluding carboxylic acids is 1. The highest BCUT2D eigenvalue weighted by atomic mass is 32.2. The van der Waals surface area contributed by atoms with Gasteiger partial charge in [0.05, 0.1) is 5.41 Å². The predicted octanol–water partition coefficient (Wildman–Crippen LogP) is 4.27. The Balaban J connectivity index is 2.00. The summed E-state index contributed by atoms with van der Waals surface area (Å²) in [6.45, 7) is 6.21. The number of carboxylic acids is 1. The van der Waals surface area contributed by atoms with Crippen LogP contribution in [0.3, 0.4) is 0 Å². The summed E-state index contributed by atoms with van der Waals surface area (Å²) in [6.07, 6.45) is 1.38. The number of nitrogens with zero attached hydrogens (tertiary/aromatic N) is 1. The molecule has 1 aromatic carbocycles. The first-order valence-electron chi connectivity index (χ1n) is 8.61. The van der Waals surface area contributed by atoms with Gasteiger partial charge in [-0.1, -0.05) is 18.2 Å². The molecule has 0 radical (unpaired) electrons. The third-order valence-corrected chi connectivity index (χ3v) is 5.29. The van der Waals surface area contributed by atoms with Gasteiger partial charge in [-0.3, -0.25) is 4.79 Å². The summed E-state index contributed by atoms with van der Waals surface area (Å²) in [6, 6.07) is 9.95. The van der Waals surface area contributed by atoms with Crippen LogP contribution in [0.5, 0.6) is 0 Å². The molecule has 1 aliphatic rings. The molecule has 1 unspecified atom stereocenters. The van der Waals surface area contributed by atoms with E-state index < -0.39 is 23.1 Å². The van der Waals surface area contributed by atoms with Gasteiger partial charge in [-0.25, -0.2) is 4.79 Å². The number of benzene rings is 1. The smallest absolute Gasteiger partial charge is 0.410 e. The van der Waals surface area contributed by atoms with E-state index >= 15 is 0 Å². The van der Waals surface area contributed by atoms with Crippen molar-refractivity contribution in [1.82, 2.24) is 4.90 Å². The number of rotatable bonds is 5. The van der Waals surface area contributed by atoms with Crippen LogP contribution >= 0.6 is 11.8 Å². The highest BCUT2D eigenvalue weighted by Gasteiger charge is 2.44. The third kappa shape index (κ3) is 5.66. The number of thioether (sulfide) groups is 1. The van der Waals surface area contributed by atoms with Gasteiger partial charge in [-0.05, 0) is 57.9 Å². The Morgan fingerprint density at radius 2 is 1.96 bits per heavy atom. The van der Waals surface area contributed by atoms with Gasteiger partial charge >= 0.3 is 12.1 Å². The topological polar surface area (TPSA) is 66.8 Å². The molecule has 0 aromatic heterocycles. The van der Waals surface area contributed by atoms with Crippen molar-refractivity contribution < 1.29 is 19.4 Å². The number of aliphatic carboxylic acids is 1. The number of hydrogen-bond donors (Lipinski definition) is 1. The Hall–Kier alpha value is -1.69. The van der Waals surface area contributed by atoms with Crippen molar-refractivity contribution in [3.05, 3.63) is 30.3 Å². The molecule has 6 heteroatoms. The van der Waals surface area contributed by atoms with Gasteiger partial charge in [0.2, 0.25) is 0 Å². The van der Waals surface area contributed by atoms with E-state index in [1.807, 2.05) is 51.1 Å². The molecule has 0 aliphatic carbocycles. The second-order valence-electron chi connectivity index (χ2n) is 7.50. The zero-order valence-electron chi connectivity index (χ0n) is 15.2. The molecule has 1 fully saturated rings. The normalized spacial score (nSPS) is 21.0. The third-order valence-electron chi connectivity index (χ3n) is 4.27. The minimum Gasteiger partial charge on any atom is -0.481 e. The van der Waals surface area contributed by atoms with Crippen LogP contribution in [0, 0.1) is 5.41 Å². The lowest BCUT2D eigenvalue weighted by atomic mass is 9.78. The van der Waals surface area contributed by atoms with Crippen molar-refractivity contribution >= 4 is 23.8 Å². The second kappa shape index (κ2) is 8.13. The lowest BCUT2D eigenvalue weighted by molar-refractivity contribution is -0.152. The number of hydrogen-bond acceptors (Lipinski definition) is 4. The van der Waals surface area contributed by atoms with Gasteiger partial charge in [0.15, 0.2) is 0 Å². The van der Waals surface area contributed by atoms with Crippen LogP contribution in [-0.2, 0) is 9.53 Å². The summed E-state index contributed by atoms with van der Waals surface area (Å²) >= 11 is 1.65.